The second kappa shape index (κ2) is 3.48. The van der Waals surface area contributed by atoms with Gasteiger partial charge in [0.05, 0.1) is 5.51 Å². The average Bonchev–Trinajstić information content (AvgIpc) is 3.02. The van der Waals surface area contributed by atoms with Gasteiger partial charge in [0, 0.05) is 10.8 Å². The number of hydrogen-bond donors (Lipinski definition) is 0. The topological polar surface area (TPSA) is 69.4 Å². The van der Waals surface area contributed by atoms with Crippen LogP contribution >= 0.6 is 22.7 Å². The molecule has 0 bridgehead atoms. The van der Waals surface area contributed by atoms with Crippen molar-refractivity contribution in [1.82, 2.24) is 30.2 Å². The first kappa shape index (κ1) is 8.62. The van der Waals surface area contributed by atoms with Gasteiger partial charge < -0.3 is 0 Å². The van der Waals surface area contributed by atoms with E-state index >= 15 is 0 Å². The zero-order valence-corrected chi connectivity index (χ0v) is 8.86. The first-order chi connectivity index (χ1) is 7.43. The van der Waals surface area contributed by atoms with Crippen LogP contribution in [0.2, 0.25) is 0 Å². The third-order valence-electron chi connectivity index (χ3n) is 1.68. The van der Waals surface area contributed by atoms with E-state index in [9.17, 15) is 0 Å². The summed E-state index contributed by atoms with van der Waals surface area (Å²) in [5, 5.41) is 15.2. The lowest BCUT2D eigenvalue weighted by Crippen LogP contribution is -1.94. The van der Waals surface area contributed by atoms with Gasteiger partial charge in [-0.15, -0.1) is 27.8 Å². The van der Waals surface area contributed by atoms with E-state index < -0.39 is 0 Å². The Balaban J connectivity index is 2.02. The van der Waals surface area contributed by atoms with E-state index in [1.54, 1.807) is 5.51 Å². The SMILES string of the molecule is [c]1nnnn1-c1nc(-c2cscn2)cs1. The fourth-order valence-corrected chi connectivity index (χ4v) is 2.31. The van der Waals surface area contributed by atoms with E-state index in [0.717, 1.165) is 11.4 Å². The van der Waals surface area contributed by atoms with Gasteiger partial charge in [0.15, 0.2) is 0 Å². The summed E-state index contributed by atoms with van der Waals surface area (Å²) < 4.78 is 1.40. The third kappa shape index (κ3) is 1.53. The summed E-state index contributed by atoms with van der Waals surface area (Å²) >= 11 is 2.99. The number of tetrazole rings is 1. The molecular weight excluding hydrogens is 232 g/mol. The van der Waals surface area contributed by atoms with Crippen molar-refractivity contribution >= 4 is 22.7 Å². The Labute approximate surface area is 92.2 Å². The van der Waals surface area contributed by atoms with Crippen LogP contribution in [0.4, 0.5) is 0 Å². The number of nitrogens with zero attached hydrogens (tertiary/aromatic N) is 6. The molecule has 0 spiro atoms. The minimum atomic E-state index is 0.683. The zero-order chi connectivity index (χ0) is 10.1. The maximum atomic E-state index is 4.35. The van der Waals surface area contributed by atoms with Crippen molar-refractivity contribution < 1.29 is 0 Å². The highest BCUT2D eigenvalue weighted by atomic mass is 32.1. The molecule has 0 saturated carbocycles. The number of aromatic nitrogens is 6. The summed E-state index contributed by atoms with van der Waals surface area (Å²) in [6, 6.07) is 0. The standard InChI is InChI=1S/C7H3N6S2/c1-5(8-4-14-1)6-2-15-7(10-6)13-3-9-11-12-13/h1-2,4H. The van der Waals surface area contributed by atoms with E-state index in [1.165, 1.54) is 27.4 Å². The average molecular weight is 235 g/mol. The predicted octanol–water partition coefficient (Wildman–Crippen LogP) is 1.04. The fraction of sp³-hybridized carbons (Fsp3) is 0. The highest BCUT2D eigenvalue weighted by Crippen LogP contribution is 2.22. The van der Waals surface area contributed by atoms with Crippen LogP contribution < -0.4 is 0 Å². The van der Waals surface area contributed by atoms with E-state index in [2.05, 4.69) is 31.8 Å². The molecule has 6 nitrogen and oxygen atoms in total. The van der Waals surface area contributed by atoms with Crippen LogP contribution in [0.15, 0.2) is 16.3 Å². The number of rotatable bonds is 2. The van der Waals surface area contributed by atoms with Crippen molar-refractivity contribution in [3.63, 3.8) is 0 Å². The van der Waals surface area contributed by atoms with Crippen molar-refractivity contribution in [3.8, 4) is 16.5 Å². The van der Waals surface area contributed by atoms with Gasteiger partial charge in [-0.2, -0.15) is 4.68 Å². The molecule has 73 valence electrons. The van der Waals surface area contributed by atoms with Crippen molar-refractivity contribution in [2.45, 2.75) is 0 Å². The van der Waals surface area contributed by atoms with Crippen LogP contribution in [-0.2, 0) is 0 Å². The highest BCUT2D eigenvalue weighted by Gasteiger charge is 2.08. The Bertz CT molecular complexity index is 491. The molecule has 0 aliphatic carbocycles. The van der Waals surface area contributed by atoms with Crippen LogP contribution in [0.1, 0.15) is 0 Å². The molecule has 3 aromatic heterocycles. The van der Waals surface area contributed by atoms with E-state index in [0.29, 0.717) is 5.13 Å². The van der Waals surface area contributed by atoms with Crippen LogP contribution in [0.25, 0.3) is 16.5 Å². The lowest BCUT2D eigenvalue weighted by molar-refractivity contribution is 0.782. The Morgan fingerprint density at radius 2 is 2.27 bits per heavy atom. The molecule has 0 fully saturated rings. The van der Waals surface area contributed by atoms with E-state index in [1.807, 2.05) is 10.8 Å². The molecule has 3 heterocycles. The molecule has 3 aromatic rings. The smallest absolute Gasteiger partial charge is 0.229 e. The van der Waals surface area contributed by atoms with Crippen LogP contribution in [-0.4, -0.2) is 30.2 Å². The van der Waals surface area contributed by atoms with Gasteiger partial charge in [-0.25, -0.2) is 9.97 Å². The van der Waals surface area contributed by atoms with Crippen molar-refractivity contribution in [2.75, 3.05) is 0 Å². The maximum Gasteiger partial charge on any atom is 0.229 e. The Morgan fingerprint density at radius 3 is 3.00 bits per heavy atom. The summed E-state index contributed by atoms with van der Waals surface area (Å²) in [4.78, 5) is 8.52. The van der Waals surface area contributed by atoms with Gasteiger partial charge in [0.25, 0.3) is 0 Å². The Morgan fingerprint density at radius 1 is 1.27 bits per heavy atom. The minimum Gasteiger partial charge on any atom is -0.243 e. The van der Waals surface area contributed by atoms with Crippen molar-refractivity contribution in [3.05, 3.63) is 22.6 Å². The third-order valence-corrected chi connectivity index (χ3v) is 3.08. The molecule has 3 rings (SSSR count). The van der Waals surface area contributed by atoms with Gasteiger partial charge in [0.2, 0.25) is 11.5 Å². The largest absolute Gasteiger partial charge is 0.243 e. The predicted molar refractivity (Wildman–Crippen MR) is 54.8 cm³/mol. The van der Waals surface area contributed by atoms with Gasteiger partial charge in [0.1, 0.15) is 11.4 Å². The second-order valence-electron chi connectivity index (χ2n) is 2.58. The zero-order valence-electron chi connectivity index (χ0n) is 7.23. The lowest BCUT2D eigenvalue weighted by atomic mass is 10.4. The van der Waals surface area contributed by atoms with Crippen molar-refractivity contribution in [1.29, 1.82) is 0 Å². The summed E-state index contributed by atoms with van der Waals surface area (Å²) in [7, 11) is 0. The molecule has 0 aliphatic heterocycles. The molecule has 0 saturated heterocycles. The van der Waals surface area contributed by atoms with Crippen molar-refractivity contribution in [2.24, 2.45) is 0 Å². The highest BCUT2D eigenvalue weighted by molar-refractivity contribution is 7.12. The number of hydrogen-bond acceptors (Lipinski definition) is 7. The first-order valence-electron chi connectivity index (χ1n) is 3.94. The molecule has 0 amide bonds. The normalized spacial score (nSPS) is 10.7. The molecule has 0 aromatic carbocycles. The molecular formula is C7H3N6S2. The molecule has 15 heavy (non-hydrogen) atoms. The monoisotopic (exact) mass is 235 g/mol. The summed E-state index contributed by atoms with van der Waals surface area (Å²) in [5.74, 6) is 0. The summed E-state index contributed by atoms with van der Waals surface area (Å²) in [5.41, 5.74) is 3.48. The molecule has 0 N–H and O–H groups in total. The molecule has 0 unspecified atom stereocenters. The fourth-order valence-electron chi connectivity index (χ4n) is 1.04. The second-order valence-corrected chi connectivity index (χ2v) is 4.13. The molecule has 1 radical (unpaired) electrons. The summed E-state index contributed by atoms with van der Waals surface area (Å²) in [6.45, 7) is 0. The quantitative estimate of drug-likeness (QED) is 0.664. The van der Waals surface area contributed by atoms with Gasteiger partial charge in [-0.1, -0.05) is 0 Å². The van der Waals surface area contributed by atoms with Gasteiger partial charge >= 0.3 is 0 Å². The van der Waals surface area contributed by atoms with Crippen LogP contribution in [0.5, 0.6) is 0 Å². The Hall–Kier alpha value is -1.67. The van der Waals surface area contributed by atoms with E-state index in [4.69, 9.17) is 0 Å². The Kier molecular flexibility index (Phi) is 2.00. The van der Waals surface area contributed by atoms with Gasteiger partial charge in [-0.05, 0) is 10.4 Å². The van der Waals surface area contributed by atoms with Gasteiger partial charge in [-0.3, -0.25) is 0 Å². The van der Waals surface area contributed by atoms with Crippen LogP contribution in [0, 0.1) is 6.33 Å². The molecule has 8 heteroatoms. The molecule has 0 aliphatic rings. The maximum absolute atomic E-state index is 4.35. The first-order valence-corrected chi connectivity index (χ1v) is 5.76. The number of thiazole rings is 2. The van der Waals surface area contributed by atoms with E-state index in [-0.39, 0.29) is 0 Å². The summed E-state index contributed by atoms with van der Waals surface area (Å²) in [6.07, 6.45) is 2.59. The minimum absolute atomic E-state index is 0.683. The molecule has 0 atom stereocenters. The lowest BCUT2D eigenvalue weighted by Gasteiger charge is -1.88. The van der Waals surface area contributed by atoms with Crippen LogP contribution in [0.3, 0.4) is 0 Å².